The second-order valence-electron chi connectivity index (χ2n) is 20.3. The standard InChI is InChI=1S/C70H37N3/c71-38-40-34-64-54(36-52(40)46-22-14-32-62-66(46)50-20-5-11-30-60(50)69(62)56-26-7-1-16-42(56)43-17-2-8-27-57(43)69)48-24-13-25-49-55-37-53(41(39-72)35-65(55)73(64)68(48)49)47-23-15-33-63-67(47)51-21-6-12-31-61(51)70(63)58-28-9-3-18-44(58)45-19-4-10-29-59(45)70/h1-37H. The Hall–Kier alpha value is -9.80. The summed E-state index contributed by atoms with van der Waals surface area (Å²) in [5, 5.41) is 26.9. The van der Waals surface area contributed by atoms with Crippen LogP contribution in [0.25, 0.3) is 105 Å². The van der Waals surface area contributed by atoms with Gasteiger partial charge in [0.25, 0.3) is 0 Å². The van der Waals surface area contributed by atoms with E-state index >= 15 is 0 Å². The summed E-state index contributed by atoms with van der Waals surface area (Å²) in [5.74, 6) is 0. The highest BCUT2D eigenvalue weighted by atomic mass is 14.9. The monoisotopic (exact) mass is 919 g/mol. The summed E-state index contributed by atoms with van der Waals surface area (Å²) >= 11 is 0. The van der Waals surface area contributed by atoms with Gasteiger partial charge in [-0.15, -0.1) is 0 Å². The van der Waals surface area contributed by atoms with Gasteiger partial charge in [0.15, 0.2) is 0 Å². The molecule has 4 aliphatic rings. The molecular weight excluding hydrogens is 883 g/mol. The molecule has 2 aromatic heterocycles. The van der Waals surface area contributed by atoms with Gasteiger partial charge in [-0.05, 0) is 124 Å². The molecule has 2 spiro atoms. The number of para-hydroxylation sites is 1. The molecule has 0 saturated heterocycles. The van der Waals surface area contributed by atoms with Crippen molar-refractivity contribution in [2.75, 3.05) is 0 Å². The number of benzene rings is 11. The lowest BCUT2D eigenvalue weighted by atomic mass is 9.70. The molecule has 0 aliphatic heterocycles. The average molecular weight is 920 g/mol. The van der Waals surface area contributed by atoms with Crippen molar-refractivity contribution in [3.8, 4) is 78.9 Å². The maximum Gasteiger partial charge on any atom is 0.0998 e. The van der Waals surface area contributed by atoms with E-state index in [0.29, 0.717) is 11.1 Å². The zero-order valence-electron chi connectivity index (χ0n) is 39.2. The summed E-state index contributed by atoms with van der Waals surface area (Å²) in [7, 11) is 0. The van der Waals surface area contributed by atoms with Crippen LogP contribution in [0.5, 0.6) is 0 Å². The highest BCUT2D eigenvalue weighted by Gasteiger charge is 2.53. The number of rotatable bonds is 2. The first-order valence-electron chi connectivity index (χ1n) is 25.1. The fourth-order valence-corrected chi connectivity index (χ4v) is 14.9. The molecule has 2 heterocycles. The van der Waals surface area contributed by atoms with Crippen molar-refractivity contribution < 1.29 is 0 Å². The van der Waals surface area contributed by atoms with Crippen molar-refractivity contribution in [2.45, 2.75) is 10.8 Å². The normalized spacial score (nSPS) is 14.2. The highest BCUT2D eigenvalue weighted by Crippen LogP contribution is 2.66. The Balaban J connectivity index is 0.892. The van der Waals surface area contributed by atoms with Crippen molar-refractivity contribution >= 4 is 38.1 Å². The van der Waals surface area contributed by atoms with Crippen LogP contribution in [0.1, 0.15) is 55.6 Å². The Bertz CT molecular complexity index is 4390. The Morgan fingerprint density at radius 3 is 0.945 bits per heavy atom. The zero-order chi connectivity index (χ0) is 47.9. The van der Waals surface area contributed by atoms with Crippen LogP contribution in [0.15, 0.2) is 224 Å². The largest absolute Gasteiger partial charge is 0.308 e. The number of fused-ring (bicyclic) bond motifs is 26. The van der Waals surface area contributed by atoms with Gasteiger partial charge in [-0.1, -0.05) is 200 Å². The van der Waals surface area contributed by atoms with Gasteiger partial charge in [0.05, 0.1) is 50.6 Å². The minimum absolute atomic E-state index is 0.489. The average Bonchev–Trinajstić information content (AvgIpc) is 4.37. The number of nitrogens with zero attached hydrogens (tertiary/aromatic N) is 3. The lowest BCUT2D eigenvalue weighted by Gasteiger charge is -2.30. The Morgan fingerprint density at radius 1 is 0.274 bits per heavy atom. The fraction of sp³-hybridized carbons (Fsp3) is 0.0286. The highest BCUT2D eigenvalue weighted by molar-refractivity contribution is 6.25. The van der Waals surface area contributed by atoms with Gasteiger partial charge in [-0.25, -0.2) is 0 Å². The SMILES string of the molecule is N#Cc1cc2c(cc1-c1cccc3c1-c1ccccc1C31c3ccccc3-c3ccccc31)c1cccc3c4cc(-c5cccc6c5-c5ccccc5C65c6ccccc6-c6ccccc65)c(C#N)cc4n2c13. The first-order chi connectivity index (χ1) is 36.2. The van der Waals surface area contributed by atoms with Crippen LogP contribution < -0.4 is 0 Å². The molecular formula is C70H37N3. The van der Waals surface area contributed by atoms with E-state index in [2.05, 4.69) is 241 Å². The van der Waals surface area contributed by atoms with Crippen LogP contribution in [-0.2, 0) is 10.8 Å². The molecule has 3 heteroatoms. The molecule has 0 fully saturated rings. The van der Waals surface area contributed by atoms with Crippen LogP contribution in [0, 0.1) is 22.7 Å². The summed E-state index contributed by atoms with van der Waals surface area (Å²) in [6.07, 6.45) is 0. The topological polar surface area (TPSA) is 52.0 Å². The van der Waals surface area contributed by atoms with Gasteiger partial charge in [0.1, 0.15) is 0 Å². The summed E-state index contributed by atoms with van der Waals surface area (Å²) in [5.41, 5.74) is 27.2. The third-order valence-corrected chi connectivity index (χ3v) is 17.5. The van der Waals surface area contributed by atoms with E-state index in [1.54, 1.807) is 0 Å². The summed E-state index contributed by atoms with van der Waals surface area (Å²) in [4.78, 5) is 0. The third kappa shape index (κ3) is 4.41. The molecule has 0 N–H and O–H groups in total. The molecule has 0 radical (unpaired) electrons. The summed E-state index contributed by atoms with van der Waals surface area (Å²) in [6.45, 7) is 0. The van der Waals surface area contributed by atoms with Gasteiger partial charge in [-0.2, -0.15) is 10.5 Å². The molecule has 3 nitrogen and oxygen atoms in total. The van der Waals surface area contributed by atoms with Gasteiger partial charge < -0.3 is 4.40 Å². The molecule has 0 saturated carbocycles. The fourth-order valence-electron chi connectivity index (χ4n) is 14.9. The van der Waals surface area contributed by atoms with E-state index in [9.17, 15) is 10.5 Å². The van der Waals surface area contributed by atoms with Gasteiger partial charge in [0.2, 0.25) is 0 Å². The second kappa shape index (κ2) is 13.5. The van der Waals surface area contributed by atoms with Crippen LogP contribution >= 0.6 is 0 Å². The lowest BCUT2D eigenvalue weighted by molar-refractivity contribution is 0.794. The molecule has 73 heavy (non-hydrogen) atoms. The van der Waals surface area contributed by atoms with Crippen molar-refractivity contribution in [1.29, 1.82) is 10.5 Å². The summed E-state index contributed by atoms with van der Waals surface area (Å²) in [6, 6.07) is 87.4. The van der Waals surface area contributed by atoms with Crippen molar-refractivity contribution in [3.63, 3.8) is 0 Å². The lowest BCUT2D eigenvalue weighted by Crippen LogP contribution is -2.25. The minimum Gasteiger partial charge on any atom is -0.308 e. The van der Waals surface area contributed by atoms with Crippen LogP contribution in [-0.4, -0.2) is 4.40 Å². The predicted octanol–water partition coefficient (Wildman–Crippen LogP) is 16.6. The Kier molecular flexibility index (Phi) is 7.23. The molecule has 17 rings (SSSR count). The number of nitriles is 2. The van der Waals surface area contributed by atoms with E-state index in [1.165, 1.54) is 89.0 Å². The molecule has 0 unspecified atom stereocenters. The number of hydrogen-bond donors (Lipinski definition) is 0. The van der Waals surface area contributed by atoms with Gasteiger partial charge >= 0.3 is 0 Å². The molecule has 332 valence electrons. The first kappa shape index (κ1) is 39.0. The molecule has 0 atom stereocenters. The van der Waals surface area contributed by atoms with Crippen molar-refractivity contribution in [1.82, 2.24) is 4.40 Å². The smallest absolute Gasteiger partial charge is 0.0998 e. The minimum atomic E-state index is -0.489. The third-order valence-electron chi connectivity index (χ3n) is 17.5. The van der Waals surface area contributed by atoms with E-state index in [4.69, 9.17) is 0 Å². The van der Waals surface area contributed by atoms with E-state index in [1.807, 2.05) is 0 Å². The molecule has 11 aromatic carbocycles. The number of aromatic nitrogens is 1. The Labute approximate surface area is 420 Å². The van der Waals surface area contributed by atoms with Crippen molar-refractivity contribution in [2.24, 2.45) is 0 Å². The van der Waals surface area contributed by atoms with Crippen LogP contribution in [0.2, 0.25) is 0 Å². The molecule has 13 aromatic rings. The maximum absolute atomic E-state index is 11.3. The molecule has 4 aliphatic carbocycles. The zero-order valence-corrected chi connectivity index (χ0v) is 39.2. The molecule has 0 amide bonds. The quantitative estimate of drug-likeness (QED) is 0.173. The van der Waals surface area contributed by atoms with Crippen LogP contribution in [0.4, 0.5) is 0 Å². The first-order valence-corrected chi connectivity index (χ1v) is 25.1. The predicted molar refractivity (Wildman–Crippen MR) is 294 cm³/mol. The van der Waals surface area contributed by atoms with E-state index in [0.717, 1.165) is 60.3 Å². The summed E-state index contributed by atoms with van der Waals surface area (Å²) < 4.78 is 2.31. The molecule has 0 bridgehead atoms. The van der Waals surface area contributed by atoms with Crippen molar-refractivity contribution in [3.05, 3.63) is 280 Å². The second-order valence-corrected chi connectivity index (χ2v) is 20.3. The maximum atomic E-state index is 11.3. The van der Waals surface area contributed by atoms with E-state index < -0.39 is 10.8 Å². The number of hydrogen-bond acceptors (Lipinski definition) is 2. The van der Waals surface area contributed by atoms with Gasteiger partial charge in [0, 0.05) is 32.7 Å². The van der Waals surface area contributed by atoms with Crippen LogP contribution in [0.3, 0.4) is 0 Å². The van der Waals surface area contributed by atoms with E-state index in [-0.39, 0.29) is 0 Å². The Morgan fingerprint density at radius 2 is 0.575 bits per heavy atom. The van der Waals surface area contributed by atoms with Gasteiger partial charge in [-0.3, -0.25) is 0 Å².